The first kappa shape index (κ1) is 65.6. The van der Waals surface area contributed by atoms with Crippen LogP contribution in [0.5, 0.6) is 0 Å². The Bertz CT molecular complexity index is 1810. The van der Waals surface area contributed by atoms with Gasteiger partial charge in [0.05, 0.1) is 6.54 Å². The lowest BCUT2D eigenvalue weighted by molar-refractivity contribution is -0.143. The van der Waals surface area contributed by atoms with Gasteiger partial charge in [-0.2, -0.15) is 0 Å². The molecule has 5 atom stereocenters. The van der Waals surface area contributed by atoms with Crippen LogP contribution in [0.4, 0.5) is 0 Å². The fraction of sp³-hybridized carbons (Fsp3) is 0.708. The number of nitrogens with two attached hydrogens (primary N) is 2. The van der Waals surface area contributed by atoms with Crippen molar-refractivity contribution in [2.24, 2.45) is 23.3 Å². The Morgan fingerprint density at radius 2 is 1.49 bits per heavy atom. The smallest absolute Gasteiger partial charge is 0.271 e. The van der Waals surface area contributed by atoms with Crippen molar-refractivity contribution in [2.45, 2.75) is 143 Å². The highest BCUT2D eigenvalue weighted by Crippen LogP contribution is 2.30. The number of imide groups is 1. The number of aromatic nitrogens is 1. The Hall–Kier alpha value is -5.36. The van der Waals surface area contributed by atoms with Gasteiger partial charge in [0, 0.05) is 83.1 Å². The number of amides is 9. The number of carbonyl (C=O) groups excluding carboxylic acids is 9. The van der Waals surface area contributed by atoms with Crippen molar-refractivity contribution in [3.8, 4) is 0 Å². The molecule has 22 nitrogen and oxygen atoms in total. The number of nitrogens with zero attached hydrogens (tertiary/aromatic N) is 3. The highest BCUT2D eigenvalue weighted by molar-refractivity contribution is 7.09. The molecule has 2 heterocycles. The van der Waals surface area contributed by atoms with E-state index in [1.165, 1.54) is 18.3 Å². The van der Waals surface area contributed by atoms with E-state index in [9.17, 15) is 43.2 Å². The van der Waals surface area contributed by atoms with E-state index in [-0.39, 0.29) is 74.6 Å². The van der Waals surface area contributed by atoms with Gasteiger partial charge in [0.15, 0.2) is 0 Å². The Morgan fingerprint density at radius 1 is 0.831 bits per heavy atom. The zero-order chi connectivity index (χ0) is 53.9. The summed E-state index contributed by atoms with van der Waals surface area (Å²) in [6.45, 7) is 14.7. The number of ether oxygens (including phenoxy) is 2. The van der Waals surface area contributed by atoms with E-state index < -0.39 is 66.1 Å². The van der Waals surface area contributed by atoms with Gasteiger partial charge < -0.3 is 57.7 Å². The maximum Gasteiger partial charge on any atom is 0.271 e. The number of thiazole rings is 1. The second-order valence-electron chi connectivity index (χ2n) is 17.1. The van der Waals surface area contributed by atoms with Crippen LogP contribution in [0.15, 0.2) is 17.5 Å². The predicted octanol–water partition coefficient (Wildman–Crippen LogP) is 1.79. The van der Waals surface area contributed by atoms with Crippen molar-refractivity contribution >= 4 is 64.5 Å². The molecule has 0 radical (unpaired) electrons. The van der Waals surface area contributed by atoms with E-state index >= 15 is 0 Å². The van der Waals surface area contributed by atoms with E-state index in [4.69, 9.17) is 20.9 Å². The Kier molecular flexibility index (Phi) is 35.4. The normalized spacial score (nSPS) is 13.9. The lowest BCUT2D eigenvalue weighted by Gasteiger charge is -2.36. The van der Waals surface area contributed by atoms with Crippen LogP contribution in [0, 0.1) is 11.8 Å². The highest BCUT2D eigenvalue weighted by atomic mass is 32.1. The zero-order valence-electron chi connectivity index (χ0n) is 43.8. The zero-order valence-corrected chi connectivity index (χ0v) is 44.6. The molecular weight excluding hydrogens is 939 g/mol. The molecule has 23 heteroatoms. The van der Waals surface area contributed by atoms with Gasteiger partial charge in [-0.25, -0.2) is 4.98 Å². The van der Waals surface area contributed by atoms with E-state index in [0.717, 1.165) is 49.3 Å². The summed E-state index contributed by atoms with van der Waals surface area (Å²) in [5.41, 5.74) is 10.6. The third-order valence-electron chi connectivity index (χ3n) is 11.1. The van der Waals surface area contributed by atoms with Crippen molar-refractivity contribution < 1.29 is 52.6 Å². The number of hydrogen-bond donors (Lipinski definition) is 8. The molecule has 0 saturated carbocycles. The highest BCUT2D eigenvalue weighted by Gasteiger charge is 2.32. The van der Waals surface area contributed by atoms with Crippen LogP contribution in [0.3, 0.4) is 0 Å². The van der Waals surface area contributed by atoms with Gasteiger partial charge in [-0.1, -0.05) is 54.4 Å². The van der Waals surface area contributed by atoms with Crippen molar-refractivity contribution in [3.05, 3.63) is 28.2 Å². The Morgan fingerprint density at radius 3 is 2.07 bits per heavy atom. The second kappa shape index (κ2) is 38.3. The van der Waals surface area contributed by atoms with Gasteiger partial charge >= 0.3 is 0 Å². The third kappa shape index (κ3) is 27.2. The van der Waals surface area contributed by atoms with Gasteiger partial charge in [-0.05, 0) is 71.0 Å². The molecule has 0 aromatic carbocycles. The first-order valence-electron chi connectivity index (χ1n) is 24.7. The monoisotopic (exact) mass is 1020 g/mol. The number of rotatable bonds is 34. The lowest BCUT2D eigenvalue weighted by Crippen LogP contribution is -2.52. The van der Waals surface area contributed by atoms with Crippen molar-refractivity contribution in [1.29, 1.82) is 0 Å². The molecule has 404 valence electrons. The minimum atomic E-state index is -1.05. The molecule has 0 bridgehead atoms. The van der Waals surface area contributed by atoms with Crippen LogP contribution in [0.1, 0.15) is 141 Å². The van der Waals surface area contributed by atoms with Crippen molar-refractivity contribution in [1.82, 2.24) is 46.7 Å². The van der Waals surface area contributed by atoms with Crippen LogP contribution in [0.25, 0.3) is 0 Å². The number of nitrogens with one attached hydrogen (secondary N) is 6. The SMILES string of the molecule is CC.CC[C@H](C)CC(=O)N(COC)C(CC(OC)c1nc(C(=O)NC(C)C(=O)NCC(=O)NC(CCCCN)C(=O)NCCNC(=O)CCN2C(=O)C=CC2=O)cs1)C(C)C.CNCCCCCC(N)=O. The third-order valence-corrected chi connectivity index (χ3v) is 12.0. The van der Waals surface area contributed by atoms with Crippen LogP contribution >= 0.6 is 11.3 Å². The van der Waals surface area contributed by atoms with Crippen LogP contribution in [0.2, 0.25) is 0 Å². The molecule has 1 aliphatic rings. The summed E-state index contributed by atoms with van der Waals surface area (Å²) in [6.07, 6.45) is 8.42. The molecule has 9 amide bonds. The van der Waals surface area contributed by atoms with Gasteiger partial charge in [-0.3, -0.25) is 48.1 Å². The van der Waals surface area contributed by atoms with Gasteiger partial charge in [0.1, 0.15) is 35.6 Å². The van der Waals surface area contributed by atoms with E-state index in [1.54, 1.807) is 24.5 Å². The summed E-state index contributed by atoms with van der Waals surface area (Å²) in [5.74, 6) is -3.69. The molecule has 1 aliphatic heterocycles. The summed E-state index contributed by atoms with van der Waals surface area (Å²) < 4.78 is 11.2. The first-order valence-corrected chi connectivity index (χ1v) is 25.6. The van der Waals surface area contributed by atoms with Gasteiger partial charge in [0.2, 0.25) is 35.4 Å². The largest absolute Gasteiger partial charge is 0.374 e. The molecule has 0 spiro atoms. The van der Waals surface area contributed by atoms with E-state index in [2.05, 4.69) is 36.9 Å². The standard InChI is InChI=1S/C39H63N9O10S.C7H16N2O.C2H6/c1-8-25(4)19-35(53)48(23-57-6)29(24(2)3)20-30(58-7)39-46-28(22-59-39)38(56)44-26(5)36(54)43-21-32(50)45-27(11-9-10-15-40)37(55)42-17-16-41-31(49)14-18-47-33(51)12-13-34(47)52;1-9-6-4-2-3-5-7(8)10;1-2/h12-13,22,24-27,29-30H,8-11,14-21,23,40H2,1-7H3,(H,41,49)(H,42,55)(H,43,54)(H,44,56)(H,45,50);9H,2-6H2,1H3,(H2,8,10);1-2H3/t25-,26?,27?,29?,30?;;/m0../s1. The second-order valence-corrected chi connectivity index (χ2v) is 18.0. The van der Waals surface area contributed by atoms with Crippen LogP contribution in [-0.4, -0.2) is 153 Å². The summed E-state index contributed by atoms with van der Waals surface area (Å²) >= 11 is 1.22. The van der Waals surface area contributed by atoms with Crippen molar-refractivity contribution in [2.75, 3.05) is 67.3 Å². The number of carbonyl (C=O) groups is 9. The maximum absolute atomic E-state index is 13.3. The molecule has 1 aromatic rings. The summed E-state index contributed by atoms with van der Waals surface area (Å²) in [6, 6.07) is -2.22. The average molecular weight is 1020 g/mol. The Labute approximate surface area is 424 Å². The van der Waals surface area contributed by atoms with E-state index in [1.807, 2.05) is 48.6 Å². The van der Waals surface area contributed by atoms with Crippen molar-refractivity contribution in [3.63, 3.8) is 0 Å². The molecule has 10 N–H and O–H groups in total. The van der Waals surface area contributed by atoms with Crippen LogP contribution in [-0.2, 0) is 47.8 Å². The molecule has 0 saturated heterocycles. The fourth-order valence-electron chi connectivity index (χ4n) is 6.77. The first-order chi connectivity index (χ1) is 33.8. The molecule has 0 fully saturated rings. The number of hydrogen-bond acceptors (Lipinski definition) is 15. The molecular formula is C48H85N11O11S. The summed E-state index contributed by atoms with van der Waals surface area (Å²) in [7, 11) is 5.01. The topological polar surface area (TPSA) is 316 Å². The fourth-order valence-corrected chi connectivity index (χ4v) is 7.66. The van der Waals surface area contributed by atoms with Gasteiger partial charge in [-0.15, -0.1) is 11.3 Å². The Balaban J connectivity index is 0.00000361. The van der Waals surface area contributed by atoms with E-state index in [0.29, 0.717) is 43.7 Å². The minimum Gasteiger partial charge on any atom is -0.374 e. The average Bonchev–Trinajstić information content (AvgIpc) is 3.97. The number of methoxy groups -OCH3 is 2. The number of primary amides is 1. The summed E-state index contributed by atoms with van der Waals surface area (Å²) in [4.78, 5) is 118. The maximum atomic E-state index is 13.3. The molecule has 4 unspecified atom stereocenters. The summed E-state index contributed by atoms with van der Waals surface area (Å²) in [5, 5.41) is 18.0. The molecule has 71 heavy (non-hydrogen) atoms. The molecule has 1 aromatic heterocycles. The predicted molar refractivity (Wildman–Crippen MR) is 272 cm³/mol. The molecule has 2 rings (SSSR count). The molecule has 0 aliphatic carbocycles. The van der Waals surface area contributed by atoms with Crippen LogP contribution < -0.4 is 43.4 Å². The number of unbranched alkanes of at least 4 members (excludes halogenated alkanes) is 3. The quantitative estimate of drug-likeness (QED) is 0.0278. The minimum absolute atomic E-state index is 0.00755. The van der Waals surface area contributed by atoms with Gasteiger partial charge in [0.25, 0.3) is 17.7 Å². The lowest BCUT2D eigenvalue weighted by atomic mass is 9.95.